The summed E-state index contributed by atoms with van der Waals surface area (Å²) < 4.78 is 26.8. The van der Waals surface area contributed by atoms with Crippen LogP contribution in [-0.2, 0) is 23.7 Å². The zero-order chi connectivity index (χ0) is 14.5. The van der Waals surface area contributed by atoms with Gasteiger partial charge >= 0.3 is 0 Å². The fourth-order valence-electron chi connectivity index (χ4n) is 1.79. The van der Waals surface area contributed by atoms with Crippen molar-refractivity contribution >= 4 is 0 Å². The highest BCUT2D eigenvalue weighted by Crippen LogP contribution is 2.31. The maximum Gasteiger partial charge on any atom is 0.0704 e. The lowest BCUT2D eigenvalue weighted by Gasteiger charge is -2.40. The maximum absolute atomic E-state index is 5.63. The highest BCUT2D eigenvalue weighted by molar-refractivity contribution is 4.83. The molecule has 1 aliphatic heterocycles. The second-order valence-corrected chi connectivity index (χ2v) is 4.99. The minimum atomic E-state index is 0.258. The van der Waals surface area contributed by atoms with Crippen LogP contribution in [0.15, 0.2) is 12.7 Å². The van der Waals surface area contributed by atoms with E-state index >= 15 is 0 Å². The zero-order valence-corrected chi connectivity index (χ0v) is 12.6. The predicted molar refractivity (Wildman–Crippen MR) is 77.0 cm³/mol. The third-order valence-electron chi connectivity index (χ3n) is 3.33. The number of rotatable bonds is 14. The molecule has 0 spiro atoms. The third kappa shape index (κ3) is 7.36. The number of hydrogen-bond acceptors (Lipinski definition) is 5. The van der Waals surface area contributed by atoms with E-state index in [9.17, 15) is 0 Å². The van der Waals surface area contributed by atoms with Crippen LogP contribution in [0.5, 0.6) is 0 Å². The number of ether oxygens (including phenoxy) is 5. The summed E-state index contributed by atoms with van der Waals surface area (Å²) in [4.78, 5) is 0. The molecule has 0 unspecified atom stereocenters. The highest BCUT2D eigenvalue weighted by atomic mass is 16.6. The van der Waals surface area contributed by atoms with E-state index in [0.717, 1.165) is 26.2 Å². The monoisotopic (exact) mass is 288 g/mol. The molecule has 1 saturated heterocycles. The fourth-order valence-corrected chi connectivity index (χ4v) is 1.79. The van der Waals surface area contributed by atoms with Crippen molar-refractivity contribution in [3.63, 3.8) is 0 Å². The Balaban J connectivity index is 1.75. The summed E-state index contributed by atoms with van der Waals surface area (Å²) in [6, 6.07) is 0. The SMILES string of the molecule is C=CCOCCOCCOCCOCC1(CC)COC1. The Morgan fingerprint density at radius 2 is 1.50 bits per heavy atom. The topological polar surface area (TPSA) is 46.2 Å². The normalized spacial score (nSPS) is 16.9. The van der Waals surface area contributed by atoms with Crippen LogP contribution in [0.3, 0.4) is 0 Å². The second kappa shape index (κ2) is 11.2. The van der Waals surface area contributed by atoms with Crippen LogP contribution >= 0.6 is 0 Å². The molecule has 1 fully saturated rings. The van der Waals surface area contributed by atoms with Crippen LogP contribution in [0, 0.1) is 5.41 Å². The van der Waals surface area contributed by atoms with Crippen LogP contribution in [0.2, 0.25) is 0 Å². The van der Waals surface area contributed by atoms with Crippen molar-refractivity contribution in [3.05, 3.63) is 12.7 Å². The maximum atomic E-state index is 5.63. The largest absolute Gasteiger partial charge is 0.380 e. The van der Waals surface area contributed by atoms with Gasteiger partial charge in [0.15, 0.2) is 0 Å². The lowest BCUT2D eigenvalue weighted by Crippen LogP contribution is -2.45. The van der Waals surface area contributed by atoms with Crippen molar-refractivity contribution in [3.8, 4) is 0 Å². The summed E-state index contributed by atoms with van der Waals surface area (Å²) >= 11 is 0. The van der Waals surface area contributed by atoms with Gasteiger partial charge in [-0.3, -0.25) is 0 Å². The smallest absolute Gasteiger partial charge is 0.0704 e. The van der Waals surface area contributed by atoms with Gasteiger partial charge in [-0.1, -0.05) is 13.0 Å². The van der Waals surface area contributed by atoms with Crippen LogP contribution in [0.1, 0.15) is 13.3 Å². The molecule has 0 saturated carbocycles. The molecule has 0 radical (unpaired) electrons. The molecule has 118 valence electrons. The molecule has 0 bridgehead atoms. The molecule has 1 heterocycles. The van der Waals surface area contributed by atoms with Crippen LogP contribution in [-0.4, -0.2) is 66.1 Å². The van der Waals surface area contributed by atoms with E-state index in [4.69, 9.17) is 23.7 Å². The van der Waals surface area contributed by atoms with Gasteiger partial charge in [0.25, 0.3) is 0 Å². The van der Waals surface area contributed by atoms with E-state index in [-0.39, 0.29) is 5.41 Å². The summed E-state index contributed by atoms with van der Waals surface area (Å²) in [7, 11) is 0. The average molecular weight is 288 g/mol. The summed E-state index contributed by atoms with van der Waals surface area (Å²) in [5.41, 5.74) is 0.258. The van der Waals surface area contributed by atoms with E-state index in [0.29, 0.717) is 46.2 Å². The quantitative estimate of drug-likeness (QED) is 0.359. The third-order valence-corrected chi connectivity index (χ3v) is 3.33. The van der Waals surface area contributed by atoms with E-state index in [1.165, 1.54) is 0 Å². The van der Waals surface area contributed by atoms with Crippen LogP contribution in [0.4, 0.5) is 0 Å². The molecule has 0 aromatic heterocycles. The first-order valence-electron chi connectivity index (χ1n) is 7.32. The van der Waals surface area contributed by atoms with Crippen LogP contribution in [0.25, 0.3) is 0 Å². The van der Waals surface area contributed by atoms with E-state index in [1.54, 1.807) is 6.08 Å². The van der Waals surface area contributed by atoms with Gasteiger partial charge in [0.2, 0.25) is 0 Å². The molecule has 20 heavy (non-hydrogen) atoms. The summed E-state index contributed by atoms with van der Waals surface area (Å²) in [6.45, 7) is 12.3. The van der Waals surface area contributed by atoms with Crippen LogP contribution < -0.4 is 0 Å². The Kier molecular flexibility index (Phi) is 9.87. The van der Waals surface area contributed by atoms with Gasteiger partial charge in [0.05, 0.1) is 66.1 Å². The molecule has 1 rings (SSSR count). The second-order valence-electron chi connectivity index (χ2n) is 4.99. The lowest BCUT2D eigenvalue weighted by molar-refractivity contribution is -0.153. The van der Waals surface area contributed by atoms with Crippen molar-refractivity contribution in [1.29, 1.82) is 0 Å². The number of hydrogen-bond donors (Lipinski definition) is 0. The van der Waals surface area contributed by atoms with Gasteiger partial charge in [-0.15, -0.1) is 6.58 Å². The Bertz CT molecular complexity index is 235. The minimum Gasteiger partial charge on any atom is -0.380 e. The zero-order valence-electron chi connectivity index (χ0n) is 12.6. The van der Waals surface area contributed by atoms with Gasteiger partial charge in [-0.05, 0) is 6.42 Å². The van der Waals surface area contributed by atoms with Gasteiger partial charge in [-0.25, -0.2) is 0 Å². The molecule has 5 heteroatoms. The lowest BCUT2D eigenvalue weighted by atomic mass is 9.84. The first-order valence-corrected chi connectivity index (χ1v) is 7.32. The van der Waals surface area contributed by atoms with Crippen molar-refractivity contribution in [2.45, 2.75) is 13.3 Å². The molecule has 0 aromatic rings. The molecule has 5 nitrogen and oxygen atoms in total. The van der Waals surface area contributed by atoms with Crippen molar-refractivity contribution in [1.82, 2.24) is 0 Å². The summed E-state index contributed by atoms with van der Waals surface area (Å²) in [5.74, 6) is 0. The summed E-state index contributed by atoms with van der Waals surface area (Å²) in [5, 5.41) is 0. The van der Waals surface area contributed by atoms with Crippen molar-refractivity contribution < 1.29 is 23.7 Å². The highest BCUT2D eigenvalue weighted by Gasteiger charge is 2.36. The Hall–Kier alpha value is -0.460. The molecular weight excluding hydrogens is 260 g/mol. The molecule has 0 amide bonds. The van der Waals surface area contributed by atoms with E-state index < -0.39 is 0 Å². The molecular formula is C15H28O5. The summed E-state index contributed by atoms with van der Waals surface area (Å²) in [6.07, 6.45) is 2.83. The van der Waals surface area contributed by atoms with Gasteiger partial charge in [0, 0.05) is 5.41 Å². The average Bonchev–Trinajstić information content (AvgIpc) is 2.42. The minimum absolute atomic E-state index is 0.258. The molecule has 0 N–H and O–H groups in total. The van der Waals surface area contributed by atoms with E-state index in [1.807, 2.05) is 0 Å². The van der Waals surface area contributed by atoms with Crippen molar-refractivity contribution in [2.75, 3.05) is 66.1 Å². The Morgan fingerprint density at radius 1 is 0.950 bits per heavy atom. The van der Waals surface area contributed by atoms with Gasteiger partial charge in [0.1, 0.15) is 0 Å². The van der Waals surface area contributed by atoms with Gasteiger partial charge in [-0.2, -0.15) is 0 Å². The molecule has 1 aliphatic rings. The molecule has 0 aromatic carbocycles. The molecule has 0 atom stereocenters. The first kappa shape index (κ1) is 17.6. The van der Waals surface area contributed by atoms with Crippen molar-refractivity contribution in [2.24, 2.45) is 5.41 Å². The fraction of sp³-hybridized carbons (Fsp3) is 0.867. The Labute approximate surface area is 122 Å². The Morgan fingerprint density at radius 3 is 1.95 bits per heavy atom. The molecule has 0 aliphatic carbocycles. The first-order chi connectivity index (χ1) is 9.83. The van der Waals surface area contributed by atoms with E-state index in [2.05, 4.69) is 13.5 Å². The van der Waals surface area contributed by atoms with Gasteiger partial charge < -0.3 is 23.7 Å². The predicted octanol–water partition coefficient (Wildman–Crippen LogP) is 1.67. The standard InChI is InChI=1S/C15H28O5/c1-3-5-16-6-7-17-8-9-18-10-11-19-12-15(4-2)13-20-14-15/h3H,1,4-14H2,2H3.